The van der Waals surface area contributed by atoms with Crippen LogP contribution in [0.5, 0.6) is 0 Å². The zero-order valence-electron chi connectivity index (χ0n) is 6.40. The predicted octanol–water partition coefficient (Wildman–Crippen LogP) is 0.0800. The lowest BCUT2D eigenvalue weighted by Crippen LogP contribution is -2.13. The number of sulfonamides is 1. The number of aromatic nitrogens is 3. The van der Waals surface area contributed by atoms with Crippen LogP contribution in [0, 0.1) is 0 Å². The second kappa shape index (κ2) is 2.94. The van der Waals surface area contributed by atoms with E-state index in [4.69, 9.17) is 0 Å². The van der Waals surface area contributed by atoms with Crippen LogP contribution in [-0.4, -0.2) is 23.6 Å². The van der Waals surface area contributed by atoms with E-state index in [0.717, 1.165) is 0 Å². The molecule has 7 heteroatoms. The number of allylic oxidation sites excluding steroid dienone is 1. The fraction of sp³-hybridized carbons (Fsp3) is 0.200. The van der Waals surface area contributed by atoms with Crippen molar-refractivity contribution >= 4 is 16.0 Å². The van der Waals surface area contributed by atoms with E-state index >= 15 is 0 Å². The van der Waals surface area contributed by atoms with Crippen molar-refractivity contribution < 1.29 is 8.42 Å². The predicted molar refractivity (Wildman–Crippen MR) is 43.7 cm³/mol. The topological polar surface area (TPSA) is 87.7 Å². The number of hydrogen-bond acceptors (Lipinski definition) is 4. The van der Waals surface area contributed by atoms with Crippen molar-refractivity contribution in [3.8, 4) is 0 Å². The lowest BCUT2D eigenvalue weighted by molar-refractivity contribution is 0.606. The second-order valence-electron chi connectivity index (χ2n) is 2.13. The Morgan fingerprint density at radius 1 is 1.75 bits per heavy atom. The molecule has 0 aliphatic carbocycles. The molecule has 2 N–H and O–H groups in total. The number of H-pyrrole nitrogens is 1. The zero-order chi connectivity index (χ0) is 9.19. The van der Waals surface area contributed by atoms with Crippen molar-refractivity contribution in [2.24, 2.45) is 0 Å². The van der Waals surface area contributed by atoms with E-state index in [1.165, 1.54) is 13.3 Å². The number of aromatic amines is 1. The number of nitrogens with one attached hydrogen (secondary N) is 2. The summed E-state index contributed by atoms with van der Waals surface area (Å²) in [6.07, 6.45) is 1.27. The molecule has 0 fully saturated rings. The lowest BCUT2D eigenvalue weighted by Gasteiger charge is -2.01. The van der Waals surface area contributed by atoms with Gasteiger partial charge in [-0.15, -0.1) is 5.10 Å². The Bertz CT molecular complexity index is 366. The van der Waals surface area contributed by atoms with E-state index < -0.39 is 10.0 Å². The van der Waals surface area contributed by atoms with Gasteiger partial charge in [-0.25, -0.2) is 13.1 Å². The number of rotatable bonds is 3. The molecule has 6 nitrogen and oxygen atoms in total. The summed E-state index contributed by atoms with van der Waals surface area (Å²) in [6.45, 7) is 4.68. The summed E-state index contributed by atoms with van der Waals surface area (Å²) < 4.78 is 24.3. The summed E-state index contributed by atoms with van der Waals surface area (Å²) in [7, 11) is -3.51. The van der Waals surface area contributed by atoms with Crippen LogP contribution in [0.4, 0.5) is 5.95 Å². The third kappa shape index (κ3) is 1.82. The van der Waals surface area contributed by atoms with E-state index in [0.29, 0.717) is 0 Å². The van der Waals surface area contributed by atoms with Gasteiger partial charge in [0.15, 0.2) is 0 Å². The molecule has 1 aromatic rings. The molecule has 0 unspecified atom stereocenters. The SMILES string of the molecule is C=C(C)S(=O)(=O)Nc1nc[nH]n1. The number of hydrogen-bond donors (Lipinski definition) is 2. The number of nitrogens with zero attached hydrogens (tertiary/aromatic N) is 2. The molecule has 0 spiro atoms. The summed E-state index contributed by atoms with van der Waals surface area (Å²) in [5.41, 5.74) is 0. The largest absolute Gasteiger partial charge is 0.264 e. The first-order chi connectivity index (χ1) is 5.52. The Labute approximate surface area is 69.8 Å². The zero-order valence-corrected chi connectivity index (χ0v) is 7.22. The van der Waals surface area contributed by atoms with E-state index in [9.17, 15) is 8.42 Å². The first kappa shape index (κ1) is 8.72. The molecular formula is C5H8N4O2S. The summed E-state index contributed by atoms with van der Waals surface area (Å²) in [5, 5.41) is 5.89. The second-order valence-corrected chi connectivity index (χ2v) is 4.04. The molecule has 1 aromatic heterocycles. The highest BCUT2D eigenvalue weighted by molar-refractivity contribution is 7.96. The number of anilines is 1. The molecule has 0 aliphatic rings. The summed E-state index contributed by atoms with van der Waals surface area (Å²) in [5.74, 6) is 0.0120. The van der Waals surface area contributed by atoms with Crippen LogP contribution in [0.2, 0.25) is 0 Å². The van der Waals surface area contributed by atoms with Gasteiger partial charge in [0.2, 0.25) is 0 Å². The molecular weight excluding hydrogens is 180 g/mol. The molecule has 1 rings (SSSR count). The molecule has 1 heterocycles. The minimum atomic E-state index is -3.51. The first-order valence-corrected chi connectivity index (χ1v) is 4.55. The van der Waals surface area contributed by atoms with Crippen molar-refractivity contribution in [1.29, 1.82) is 0 Å². The Morgan fingerprint density at radius 3 is 2.83 bits per heavy atom. The van der Waals surface area contributed by atoms with E-state index in [-0.39, 0.29) is 10.9 Å². The van der Waals surface area contributed by atoms with Gasteiger partial charge in [0.25, 0.3) is 16.0 Å². The van der Waals surface area contributed by atoms with Gasteiger partial charge in [0.05, 0.1) is 4.91 Å². The van der Waals surface area contributed by atoms with Crippen LogP contribution in [0.3, 0.4) is 0 Å². The fourth-order valence-electron chi connectivity index (χ4n) is 0.465. The van der Waals surface area contributed by atoms with E-state index in [2.05, 4.69) is 26.5 Å². The van der Waals surface area contributed by atoms with Gasteiger partial charge in [-0.05, 0) is 6.92 Å². The average Bonchev–Trinajstić information content (AvgIpc) is 2.38. The monoisotopic (exact) mass is 188 g/mol. The normalized spacial score (nSPS) is 11.1. The van der Waals surface area contributed by atoms with Gasteiger partial charge in [-0.1, -0.05) is 6.58 Å². The van der Waals surface area contributed by atoms with Crippen LogP contribution >= 0.6 is 0 Å². The van der Waals surface area contributed by atoms with Crippen molar-refractivity contribution in [2.45, 2.75) is 6.92 Å². The molecule has 12 heavy (non-hydrogen) atoms. The lowest BCUT2D eigenvalue weighted by atomic mass is 10.8. The smallest absolute Gasteiger partial charge is 0.259 e. The maximum atomic E-state index is 11.1. The standard InChI is InChI=1S/C5H8N4O2S/c1-4(2)12(10,11)9-5-6-3-7-8-5/h3H,1H2,2H3,(H2,6,7,8,9). The maximum absolute atomic E-state index is 11.1. The Kier molecular flexibility index (Phi) is 2.13. The third-order valence-corrected chi connectivity index (χ3v) is 2.47. The molecule has 0 radical (unpaired) electrons. The van der Waals surface area contributed by atoms with E-state index in [1.807, 2.05) is 0 Å². The molecule has 0 amide bonds. The summed E-state index contributed by atoms with van der Waals surface area (Å²) >= 11 is 0. The van der Waals surface area contributed by atoms with Crippen molar-refractivity contribution in [2.75, 3.05) is 4.72 Å². The maximum Gasteiger partial charge on any atom is 0.259 e. The highest BCUT2D eigenvalue weighted by Gasteiger charge is 2.12. The van der Waals surface area contributed by atoms with Gasteiger partial charge >= 0.3 is 0 Å². The van der Waals surface area contributed by atoms with Crippen molar-refractivity contribution in [1.82, 2.24) is 15.2 Å². The highest BCUT2D eigenvalue weighted by Crippen LogP contribution is 2.05. The van der Waals surface area contributed by atoms with Crippen molar-refractivity contribution in [3.05, 3.63) is 17.8 Å². The van der Waals surface area contributed by atoms with Crippen molar-refractivity contribution in [3.63, 3.8) is 0 Å². The molecule has 0 saturated carbocycles. The minimum Gasteiger partial charge on any atom is -0.264 e. The van der Waals surface area contributed by atoms with Gasteiger partial charge in [-0.2, -0.15) is 4.98 Å². The van der Waals surface area contributed by atoms with Gasteiger partial charge in [0, 0.05) is 0 Å². The summed E-state index contributed by atoms with van der Waals surface area (Å²) in [4.78, 5) is 3.61. The van der Waals surface area contributed by atoms with Crippen LogP contribution < -0.4 is 4.72 Å². The van der Waals surface area contributed by atoms with Crippen LogP contribution in [0.25, 0.3) is 0 Å². The fourth-order valence-corrected chi connectivity index (χ4v) is 0.978. The minimum absolute atomic E-state index is 0.0120. The highest BCUT2D eigenvalue weighted by atomic mass is 32.2. The Hall–Kier alpha value is -1.37. The molecule has 0 atom stereocenters. The van der Waals surface area contributed by atoms with Crippen LogP contribution in [0.1, 0.15) is 6.92 Å². The summed E-state index contributed by atoms with van der Waals surface area (Å²) in [6, 6.07) is 0. The van der Waals surface area contributed by atoms with Gasteiger partial charge in [0.1, 0.15) is 6.33 Å². The molecule has 0 saturated heterocycles. The first-order valence-electron chi connectivity index (χ1n) is 3.06. The van der Waals surface area contributed by atoms with E-state index in [1.54, 1.807) is 0 Å². The van der Waals surface area contributed by atoms with Crippen LogP contribution in [0.15, 0.2) is 17.8 Å². The molecule has 0 aliphatic heterocycles. The van der Waals surface area contributed by atoms with Crippen LogP contribution in [-0.2, 0) is 10.0 Å². The third-order valence-electron chi connectivity index (χ3n) is 1.10. The Balaban J connectivity index is 2.84. The molecule has 66 valence electrons. The molecule has 0 aromatic carbocycles. The molecule has 0 bridgehead atoms. The average molecular weight is 188 g/mol. The quantitative estimate of drug-likeness (QED) is 0.703. The van der Waals surface area contributed by atoms with Gasteiger partial charge < -0.3 is 0 Å². The Morgan fingerprint density at radius 2 is 2.42 bits per heavy atom. The van der Waals surface area contributed by atoms with Gasteiger partial charge in [-0.3, -0.25) is 5.10 Å².